The first-order valence-electron chi connectivity index (χ1n) is 7.63. The summed E-state index contributed by atoms with van der Waals surface area (Å²) >= 11 is 5.20. The standard InChI is InChI=1S/C17H21N3S/c1-2-12(9-11-7-8-11)20-16-13-5-3-4-6-15(13)19-10-14(16)17(18)21/h3-6,10-12H,2,7-9H2,1H3,(H2,18,21)(H,19,20). The Morgan fingerprint density at radius 2 is 2.19 bits per heavy atom. The first kappa shape index (κ1) is 14.3. The number of nitrogens with one attached hydrogen (secondary N) is 1. The van der Waals surface area contributed by atoms with Crippen LogP contribution in [0, 0.1) is 5.92 Å². The van der Waals surface area contributed by atoms with Gasteiger partial charge in [-0.3, -0.25) is 4.98 Å². The summed E-state index contributed by atoms with van der Waals surface area (Å²) in [5.74, 6) is 0.892. The first-order chi connectivity index (χ1) is 10.2. The molecule has 0 radical (unpaired) electrons. The van der Waals surface area contributed by atoms with Gasteiger partial charge in [-0.25, -0.2) is 0 Å². The number of aromatic nitrogens is 1. The first-order valence-corrected chi connectivity index (χ1v) is 8.04. The summed E-state index contributed by atoms with van der Waals surface area (Å²) in [6, 6.07) is 8.60. The lowest BCUT2D eigenvalue weighted by molar-refractivity contribution is 0.587. The Bertz CT molecular complexity index is 664. The van der Waals surface area contributed by atoms with Crippen LogP contribution in [0.15, 0.2) is 30.5 Å². The van der Waals surface area contributed by atoms with Gasteiger partial charge in [0.05, 0.1) is 16.8 Å². The predicted molar refractivity (Wildman–Crippen MR) is 92.7 cm³/mol. The van der Waals surface area contributed by atoms with Crippen LogP contribution in [-0.2, 0) is 0 Å². The van der Waals surface area contributed by atoms with Gasteiger partial charge in [0.2, 0.25) is 0 Å². The van der Waals surface area contributed by atoms with Crippen molar-refractivity contribution in [2.24, 2.45) is 11.7 Å². The second-order valence-electron chi connectivity index (χ2n) is 5.86. The average Bonchev–Trinajstić information content (AvgIpc) is 3.30. The van der Waals surface area contributed by atoms with Crippen molar-refractivity contribution in [2.75, 3.05) is 5.32 Å². The molecular weight excluding hydrogens is 278 g/mol. The minimum absolute atomic E-state index is 0.400. The lowest BCUT2D eigenvalue weighted by Crippen LogP contribution is -2.22. The number of nitrogens with zero attached hydrogens (tertiary/aromatic N) is 1. The van der Waals surface area contributed by atoms with Crippen LogP contribution in [0.5, 0.6) is 0 Å². The number of hydrogen-bond donors (Lipinski definition) is 2. The van der Waals surface area contributed by atoms with E-state index in [0.29, 0.717) is 11.0 Å². The van der Waals surface area contributed by atoms with E-state index >= 15 is 0 Å². The molecule has 0 saturated heterocycles. The van der Waals surface area contributed by atoms with Crippen LogP contribution in [0.25, 0.3) is 10.9 Å². The van der Waals surface area contributed by atoms with Crippen LogP contribution in [0.1, 0.15) is 38.2 Å². The van der Waals surface area contributed by atoms with Crippen molar-refractivity contribution >= 4 is 33.8 Å². The van der Waals surface area contributed by atoms with Gasteiger partial charge in [0.15, 0.2) is 0 Å². The van der Waals surface area contributed by atoms with Gasteiger partial charge in [0.25, 0.3) is 0 Å². The number of anilines is 1. The van der Waals surface area contributed by atoms with E-state index in [-0.39, 0.29) is 0 Å². The lowest BCUT2D eigenvalue weighted by atomic mass is 10.0. The molecule has 3 N–H and O–H groups in total. The molecule has 1 aliphatic rings. The van der Waals surface area contributed by atoms with E-state index in [1.54, 1.807) is 6.20 Å². The third-order valence-corrected chi connectivity index (χ3v) is 4.42. The number of fused-ring (bicyclic) bond motifs is 1. The van der Waals surface area contributed by atoms with Gasteiger partial charge in [-0.05, 0) is 24.8 Å². The molecule has 1 atom stereocenters. The van der Waals surface area contributed by atoms with E-state index in [1.807, 2.05) is 18.2 Å². The molecule has 21 heavy (non-hydrogen) atoms. The van der Waals surface area contributed by atoms with Crippen molar-refractivity contribution in [1.29, 1.82) is 0 Å². The van der Waals surface area contributed by atoms with E-state index in [2.05, 4.69) is 23.3 Å². The molecule has 1 unspecified atom stereocenters. The van der Waals surface area contributed by atoms with E-state index in [4.69, 9.17) is 18.0 Å². The van der Waals surface area contributed by atoms with E-state index in [1.165, 1.54) is 19.3 Å². The summed E-state index contributed by atoms with van der Waals surface area (Å²) in [4.78, 5) is 4.86. The highest BCUT2D eigenvalue weighted by Gasteiger charge is 2.25. The summed E-state index contributed by atoms with van der Waals surface area (Å²) in [7, 11) is 0. The summed E-state index contributed by atoms with van der Waals surface area (Å²) < 4.78 is 0. The summed E-state index contributed by atoms with van der Waals surface area (Å²) in [6.07, 6.45) is 6.86. The number of nitrogens with two attached hydrogens (primary N) is 1. The molecule has 110 valence electrons. The number of rotatable bonds is 6. The van der Waals surface area contributed by atoms with Gasteiger partial charge >= 0.3 is 0 Å². The molecule has 1 saturated carbocycles. The maximum absolute atomic E-state index is 5.89. The molecule has 0 amide bonds. The van der Waals surface area contributed by atoms with Gasteiger partial charge in [0.1, 0.15) is 4.99 Å². The Morgan fingerprint density at radius 3 is 2.86 bits per heavy atom. The van der Waals surface area contributed by atoms with Gasteiger partial charge in [-0.1, -0.05) is 50.2 Å². The molecular formula is C17H21N3S. The Kier molecular flexibility index (Phi) is 4.06. The summed E-state index contributed by atoms with van der Waals surface area (Å²) in [5.41, 5.74) is 8.75. The van der Waals surface area contributed by atoms with E-state index < -0.39 is 0 Å². The minimum Gasteiger partial charge on any atom is -0.389 e. The normalized spacial score (nSPS) is 15.9. The van der Waals surface area contributed by atoms with Crippen LogP contribution in [-0.4, -0.2) is 16.0 Å². The topological polar surface area (TPSA) is 50.9 Å². The monoisotopic (exact) mass is 299 g/mol. The van der Waals surface area contributed by atoms with Crippen LogP contribution < -0.4 is 11.1 Å². The Hall–Kier alpha value is -1.68. The quantitative estimate of drug-likeness (QED) is 0.795. The van der Waals surface area contributed by atoms with Crippen LogP contribution in [0.3, 0.4) is 0 Å². The van der Waals surface area contributed by atoms with Crippen LogP contribution in [0.4, 0.5) is 5.69 Å². The lowest BCUT2D eigenvalue weighted by Gasteiger charge is -2.21. The summed E-state index contributed by atoms with van der Waals surface area (Å²) in [6.45, 7) is 2.23. The van der Waals surface area contributed by atoms with Crippen molar-refractivity contribution in [3.8, 4) is 0 Å². The van der Waals surface area contributed by atoms with Crippen LogP contribution in [0.2, 0.25) is 0 Å². The highest BCUT2D eigenvalue weighted by atomic mass is 32.1. The van der Waals surface area contributed by atoms with E-state index in [9.17, 15) is 0 Å². The number of para-hydroxylation sites is 1. The molecule has 0 spiro atoms. The maximum Gasteiger partial charge on any atom is 0.107 e. The zero-order valence-electron chi connectivity index (χ0n) is 12.3. The van der Waals surface area contributed by atoms with Crippen molar-refractivity contribution in [3.63, 3.8) is 0 Å². The zero-order valence-corrected chi connectivity index (χ0v) is 13.1. The molecule has 3 nitrogen and oxygen atoms in total. The molecule has 1 aromatic carbocycles. The van der Waals surface area contributed by atoms with Gasteiger partial charge in [-0.2, -0.15) is 0 Å². The Morgan fingerprint density at radius 1 is 1.43 bits per heavy atom. The fourth-order valence-electron chi connectivity index (χ4n) is 2.77. The van der Waals surface area contributed by atoms with Gasteiger partial charge < -0.3 is 11.1 Å². The number of pyridine rings is 1. The highest BCUT2D eigenvalue weighted by Crippen LogP contribution is 2.36. The van der Waals surface area contributed by atoms with Crippen molar-refractivity contribution < 1.29 is 0 Å². The Balaban J connectivity index is 2.00. The third kappa shape index (κ3) is 3.16. The zero-order chi connectivity index (χ0) is 14.8. The molecule has 0 bridgehead atoms. The molecule has 1 fully saturated rings. The predicted octanol–water partition coefficient (Wildman–Crippen LogP) is 3.86. The molecule has 0 aliphatic heterocycles. The average molecular weight is 299 g/mol. The largest absolute Gasteiger partial charge is 0.389 e. The molecule has 1 aromatic heterocycles. The second-order valence-corrected chi connectivity index (χ2v) is 6.30. The van der Waals surface area contributed by atoms with Crippen molar-refractivity contribution in [2.45, 2.75) is 38.6 Å². The number of thiocarbonyl (C=S) groups is 1. The number of hydrogen-bond acceptors (Lipinski definition) is 3. The molecule has 1 aliphatic carbocycles. The molecule has 4 heteroatoms. The van der Waals surface area contributed by atoms with Crippen molar-refractivity contribution in [1.82, 2.24) is 4.98 Å². The molecule has 1 heterocycles. The SMILES string of the molecule is CCC(CC1CC1)Nc1c(C(N)=S)cnc2ccccc12. The molecule has 2 aromatic rings. The fraction of sp³-hybridized carbons (Fsp3) is 0.412. The maximum atomic E-state index is 5.89. The van der Waals surface area contributed by atoms with Crippen molar-refractivity contribution in [3.05, 3.63) is 36.0 Å². The highest BCUT2D eigenvalue weighted by molar-refractivity contribution is 7.80. The summed E-state index contributed by atoms with van der Waals surface area (Å²) in [5, 5.41) is 4.78. The fourth-order valence-corrected chi connectivity index (χ4v) is 2.93. The van der Waals surface area contributed by atoms with Crippen LogP contribution >= 0.6 is 12.2 Å². The van der Waals surface area contributed by atoms with E-state index in [0.717, 1.165) is 34.5 Å². The van der Waals surface area contributed by atoms with Gasteiger partial charge in [0, 0.05) is 17.6 Å². The molecule has 3 rings (SSSR count). The minimum atomic E-state index is 0.400. The van der Waals surface area contributed by atoms with Gasteiger partial charge in [-0.15, -0.1) is 0 Å². The Labute approximate surface area is 130 Å². The number of benzene rings is 1. The smallest absolute Gasteiger partial charge is 0.107 e. The third-order valence-electron chi connectivity index (χ3n) is 4.20. The second kappa shape index (κ2) is 5.98.